The summed E-state index contributed by atoms with van der Waals surface area (Å²) in [4.78, 5) is 14.1. The summed E-state index contributed by atoms with van der Waals surface area (Å²) in [5, 5.41) is 5.89. The Labute approximate surface area is 122 Å². The average Bonchev–Trinajstić information content (AvgIpc) is 2.87. The van der Waals surface area contributed by atoms with Crippen LogP contribution in [0, 0.1) is 0 Å². The van der Waals surface area contributed by atoms with E-state index in [-0.39, 0.29) is 11.9 Å². The first kappa shape index (κ1) is 14.3. The van der Waals surface area contributed by atoms with E-state index in [1.165, 1.54) is 5.56 Å². The van der Waals surface area contributed by atoms with Crippen molar-refractivity contribution in [3.05, 3.63) is 28.2 Å². The molecule has 4 nitrogen and oxygen atoms in total. The molecule has 1 aromatic carbocycles. The molecule has 1 amide bonds. The fraction of sp³-hybridized carbons (Fsp3) is 0.500. The number of benzene rings is 1. The third-order valence-corrected chi connectivity index (χ3v) is 4.14. The van der Waals surface area contributed by atoms with E-state index in [1.807, 2.05) is 7.05 Å². The summed E-state index contributed by atoms with van der Waals surface area (Å²) in [6, 6.07) is 6.27. The topological polar surface area (TPSA) is 44.4 Å². The zero-order chi connectivity index (χ0) is 13.8. The summed E-state index contributed by atoms with van der Waals surface area (Å²) in [5.41, 5.74) is 2.33. The van der Waals surface area contributed by atoms with Crippen molar-refractivity contribution in [2.45, 2.75) is 25.4 Å². The fourth-order valence-corrected chi connectivity index (χ4v) is 3.25. The van der Waals surface area contributed by atoms with Crippen LogP contribution in [-0.4, -0.2) is 32.6 Å². The molecule has 1 atom stereocenters. The summed E-state index contributed by atoms with van der Waals surface area (Å²) in [6.45, 7) is 1.78. The molecule has 0 radical (unpaired) electrons. The van der Waals surface area contributed by atoms with Gasteiger partial charge in [-0.1, -0.05) is 6.07 Å². The standard InChI is InChI=1S/C14H20BrN3O/c1-16-9-10-5-6-12(11(15)8-10)18-7-3-4-13(18)14(19)17-2/h5-6,8,13,16H,3-4,7,9H2,1-2H3,(H,17,19). The van der Waals surface area contributed by atoms with E-state index in [1.54, 1.807) is 7.05 Å². The van der Waals surface area contributed by atoms with E-state index in [4.69, 9.17) is 0 Å². The summed E-state index contributed by atoms with van der Waals surface area (Å²) < 4.78 is 1.05. The number of carbonyl (C=O) groups is 1. The van der Waals surface area contributed by atoms with E-state index < -0.39 is 0 Å². The van der Waals surface area contributed by atoms with Gasteiger partial charge in [0.15, 0.2) is 0 Å². The quantitative estimate of drug-likeness (QED) is 0.888. The zero-order valence-electron chi connectivity index (χ0n) is 11.4. The second kappa shape index (κ2) is 6.39. The van der Waals surface area contributed by atoms with Crippen LogP contribution in [0.15, 0.2) is 22.7 Å². The maximum absolute atomic E-state index is 11.9. The normalized spacial score (nSPS) is 18.7. The number of anilines is 1. The molecular formula is C14H20BrN3O. The van der Waals surface area contributed by atoms with E-state index in [9.17, 15) is 4.79 Å². The summed E-state index contributed by atoms with van der Waals surface area (Å²) in [6.07, 6.45) is 1.98. The Balaban J connectivity index is 2.23. The van der Waals surface area contributed by atoms with Crippen molar-refractivity contribution in [1.82, 2.24) is 10.6 Å². The molecule has 2 N–H and O–H groups in total. The predicted octanol–water partition coefficient (Wildman–Crippen LogP) is 1.88. The SMILES string of the molecule is CNCc1ccc(N2CCCC2C(=O)NC)c(Br)c1. The second-order valence-electron chi connectivity index (χ2n) is 4.78. The Morgan fingerprint density at radius 2 is 2.26 bits per heavy atom. The Kier molecular flexibility index (Phi) is 4.82. The molecule has 0 bridgehead atoms. The number of halogens is 1. The predicted molar refractivity (Wildman–Crippen MR) is 81.3 cm³/mol. The van der Waals surface area contributed by atoms with Gasteiger partial charge in [-0.3, -0.25) is 4.79 Å². The van der Waals surface area contributed by atoms with Gasteiger partial charge in [0.2, 0.25) is 5.91 Å². The van der Waals surface area contributed by atoms with Gasteiger partial charge >= 0.3 is 0 Å². The molecule has 0 aromatic heterocycles. The lowest BCUT2D eigenvalue weighted by atomic mass is 10.1. The van der Waals surface area contributed by atoms with Crippen LogP contribution >= 0.6 is 15.9 Å². The maximum Gasteiger partial charge on any atom is 0.242 e. The lowest BCUT2D eigenvalue weighted by Crippen LogP contribution is -2.42. The van der Waals surface area contributed by atoms with E-state index in [0.29, 0.717) is 0 Å². The van der Waals surface area contributed by atoms with E-state index in [2.05, 4.69) is 49.7 Å². The molecule has 19 heavy (non-hydrogen) atoms. The molecule has 5 heteroatoms. The Bertz CT molecular complexity index is 464. The molecule has 1 fully saturated rings. The lowest BCUT2D eigenvalue weighted by Gasteiger charge is -2.26. The molecule has 1 aliphatic rings. The Morgan fingerprint density at radius 3 is 2.89 bits per heavy atom. The third kappa shape index (κ3) is 3.09. The minimum atomic E-state index is -0.0450. The Hall–Kier alpha value is -1.07. The number of hydrogen-bond donors (Lipinski definition) is 2. The fourth-order valence-electron chi connectivity index (χ4n) is 2.59. The third-order valence-electron chi connectivity index (χ3n) is 3.50. The van der Waals surface area contributed by atoms with Crippen molar-refractivity contribution in [2.75, 3.05) is 25.5 Å². The number of nitrogens with zero attached hydrogens (tertiary/aromatic N) is 1. The van der Waals surface area contributed by atoms with Crippen LogP contribution in [0.3, 0.4) is 0 Å². The molecule has 2 rings (SSSR count). The number of rotatable bonds is 4. The molecule has 1 aromatic rings. The molecule has 1 saturated heterocycles. The van der Waals surface area contributed by atoms with Gasteiger partial charge in [0, 0.05) is 24.6 Å². The van der Waals surface area contributed by atoms with E-state index in [0.717, 1.165) is 36.1 Å². The number of hydrogen-bond acceptors (Lipinski definition) is 3. The monoisotopic (exact) mass is 325 g/mol. The summed E-state index contributed by atoms with van der Waals surface area (Å²) >= 11 is 3.62. The highest BCUT2D eigenvalue weighted by molar-refractivity contribution is 9.10. The molecular weight excluding hydrogens is 306 g/mol. The van der Waals surface area contributed by atoms with Crippen molar-refractivity contribution < 1.29 is 4.79 Å². The first-order chi connectivity index (χ1) is 9.17. The van der Waals surface area contributed by atoms with Crippen molar-refractivity contribution in [3.63, 3.8) is 0 Å². The lowest BCUT2D eigenvalue weighted by molar-refractivity contribution is -0.121. The molecule has 1 unspecified atom stereocenters. The summed E-state index contributed by atoms with van der Waals surface area (Å²) in [7, 11) is 3.63. The highest BCUT2D eigenvalue weighted by atomic mass is 79.9. The highest BCUT2D eigenvalue weighted by Gasteiger charge is 2.31. The smallest absolute Gasteiger partial charge is 0.242 e. The van der Waals surface area contributed by atoms with Crippen LogP contribution in [0.5, 0.6) is 0 Å². The molecule has 104 valence electrons. The molecule has 1 aliphatic heterocycles. The number of amides is 1. The second-order valence-corrected chi connectivity index (χ2v) is 5.64. The van der Waals surface area contributed by atoms with Crippen LogP contribution in [0.4, 0.5) is 5.69 Å². The van der Waals surface area contributed by atoms with Gasteiger partial charge < -0.3 is 15.5 Å². The highest BCUT2D eigenvalue weighted by Crippen LogP contribution is 2.32. The largest absolute Gasteiger partial charge is 0.359 e. The van der Waals surface area contributed by atoms with Gasteiger partial charge in [-0.05, 0) is 53.5 Å². The summed E-state index contributed by atoms with van der Waals surface area (Å²) in [5.74, 6) is 0.101. The maximum atomic E-state index is 11.9. The van der Waals surface area contributed by atoms with Gasteiger partial charge in [0.05, 0.1) is 5.69 Å². The van der Waals surface area contributed by atoms with Crippen molar-refractivity contribution in [3.8, 4) is 0 Å². The first-order valence-corrected chi connectivity index (χ1v) is 7.38. The average molecular weight is 326 g/mol. The number of likely N-dealkylation sites (N-methyl/N-ethyl adjacent to an activating group) is 1. The minimum absolute atomic E-state index is 0.0450. The van der Waals surface area contributed by atoms with Crippen LogP contribution < -0.4 is 15.5 Å². The van der Waals surface area contributed by atoms with E-state index >= 15 is 0 Å². The first-order valence-electron chi connectivity index (χ1n) is 6.58. The molecule has 0 saturated carbocycles. The van der Waals surface area contributed by atoms with Gasteiger partial charge in [-0.25, -0.2) is 0 Å². The zero-order valence-corrected chi connectivity index (χ0v) is 13.0. The van der Waals surface area contributed by atoms with Gasteiger partial charge in [-0.15, -0.1) is 0 Å². The number of nitrogens with one attached hydrogen (secondary N) is 2. The minimum Gasteiger partial charge on any atom is -0.359 e. The van der Waals surface area contributed by atoms with Gasteiger partial charge in [0.1, 0.15) is 6.04 Å². The van der Waals surface area contributed by atoms with Crippen molar-refractivity contribution in [2.24, 2.45) is 0 Å². The van der Waals surface area contributed by atoms with Crippen LogP contribution in [-0.2, 0) is 11.3 Å². The van der Waals surface area contributed by atoms with Crippen molar-refractivity contribution >= 4 is 27.5 Å². The van der Waals surface area contributed by atoms with Gasteiger partial charge in [-0.2, -0.15) is 0 Å². The Morgan fingerprint density at radius 1 is 1.47 bits per heavy atom. The molecule has 1 heterocycles. The molecule has 0 spiro atoms. The number of carbonyl (C=O) groups excluding carboxylic acids is 1. The van der Waals surface area contributed by atoms with Crippen LogP contribution in [0.1, 0.15) is 18.4 Å². The molecule has 0 aliphatic carbocycles. The van der Waals surface area contributed by atoms with Gasteiger partial charge in [0.25, 0.3) is 0 Å². The van der Waals surface area contributed by atoms with Crippen molar-refractivity contribution in [1.29, 1.82) is 0 Å². The van der Waals surface area contributed by atoms with Crippen LogP contribution in [0.2, 0.25) is 0 Å². The van der Waals surface area contributed by atoms with Crippen LogP contribution in [0.25, 0.3) is 0 Å².